The van der Waals surface area contributed by atoms with Crippen molar-refractivity contribution in [2.24, 2.45) is 0 Å². The minimum atomic E-state index is 0.0994. The summed E-state index contributed by atoms with van der Waals surface area (Å²) in [5.41, 5.74) is 4.41. The Morgan fingerprint density at radius 3 is 2.48 bits per heavy atom. The number of hydrogen-bond acceptors (Lipinski definition) is 4. The van der Waals surface area contributed by atoms with E-state index in [4.69, 9.17) is 4.98 Å². The highest BCUT2D eigenvalue weighted by Gasteiger charge is 2.27. The average Bonchev–Trinajstić information content (AvgIpc) is 2.74. The van der Waals surface area contributed by atoms with Crippen molar-refractivity contribution in [3.63, 3.8) is 0 Å². The van der Waals surface area contributed by atoms with Crippen LogP contribution in [0, 0.1) is 6.92 Å². The summed E-state index contributed by atoms with van der Waals surface area (Å²) in [6, 6.07) is 8.18. The number of hydrogen-bond donors (Lipinski definition) is 0. The minimum Gasteiger partial charge on any atom is -0.342 e. The van der Waals surface area contributed by atoms with Crippen molar-refractivity contribution in [2.75, 3.05) is 19.6 Å². The Bertz CT molecular complexity index is 902. The number of carbonyl (C=O) groups is 2. The predicted molar refractivity (Wildman–Crippen MR) is 110 cm³/mol. The van der Waals surface area contributed by atoms with Gasteiger partial charge in [-0.2, -0.15) is 0 Å². The van der Waals surface area contributed by atoms with Crippen LogP contribution < -0.4 is 0 Å². The monoisotopic (exact) mass is 392 g/mol. The number of piperidine rings is 1. The molecule has 3 heterocycles. The van der Waals surface area contributed by atoms with Crippen LogP contribution in [0.1, 0.15) is 53.9 Å². The van der Waals surface area contributed by atoms with E-state index in [0.29, 0.717) is 18.9 Å². The van der Waals surface area contributed by atoms with Gasteiger partial charge in [-0.1, -0.05) is 29.8 Å². The third kappa shape index (κ3) is 4.47. The summed E-state index contributed by atoms with van der Waals surface area (Å²) in [7, 11) is 0. The van der Waals surface area contributed by atoms with E-state index in [-0.39, 0.29) is 11.8 Å². The van der Waals surface area contributed by atoms with E-state index in [2.05, 4.69) is 24.0 Å². The first-order valence-electron chi connectivity index (χ1n) is 10.4. The van der Waals surface area contributed by atoms with Crippen molar-refractivity contribution >= 4 is 11.8 Å². The first-order valence-corrected chi connectivity index (χ1v) is 10.4. The Hall–Kier alpha value is -2.76. The topological polar surface area (TPSA) is 66.4 Å². The molecule has 0 N–H and O–H groups in total. The van der Waals surface area contributed by atoms with E-state index in [0.717, 1.165) is 61.5 Å². The molecule has 4 rings (SSSR count). The highest BCUT2D eigenvalue weighted by Crippen LogP contribution is 2.27. The Kier molecular flexibility index (Phi) is 5.60. The van der Waals surface area contributed by atoms with Crippen molar-refractivity contribution in [2.45, 2.75) is 52.0 Å². The van der Waals surface area contributed by atoms with Gasteiger partial charge < -0.3 is 9.80 Å². The van der Waals surface area contributed by atoms with E-state index < -0.39 is 0 Å². The van der Waals surface area contributed by atoms with Crippen LogP contribution in [-0.4, -0.2) is 51.2 Å². The lowest BCUT2D eigenvalue weighted by atomic mass is 9.94. The van der Waals surface area contributed by atoms with Crippen LogP contribution in [0.4, 0.5) is 0 Å². The number of aryl methyl sites for hydroxylation is 1. The number of fused-ring (bicyclic) bond motifs is 1. The third-order valence-electron chi connectivity index (χ3n) is 6.09. The number of nitrogens with zero attached hydrogens (tertiary/aromatic N) is 4. The number of rotatable bonds is 3. The number of benzene rings is 1. The van der Waals surface area contributed by atoms with Crippen molar-refractivity contribution in [1.82, 2.24) is 19.8 Å². The molecule has 2 amide bonds. The minimum absolute atomic E-state index is 0.0994. The highest BCUT2D eigenvalue weighted by molar-refractivity contribution is 5.78. The summed E-state index contributed by atoms with van der Waals surface area (Å²) in [5.74, 6) is 1.49. The molecule has 2 aliphatic rings. The van der Waals surface area contributed by atoms with Gasteiger partial charge in [0.15, 0.2) is 0 Å². The molecule has 1 fully saturated rings. The molecule has 2 aromatic rings. The first kappa shape index (κ1) is 19.6. The fourth-order valence-corrected chi connectivity index (χ4v) is 4.18. The average molecular weight is 393 g/mol. The van der Waals surface area contributed by atoms with E-state index in [1.807, 2.05) is 28.1 Å². The molecule has 152 valence electrons. The molecule has 1 saturated heterocycles. The van der Waals surface area contributed by atoms with Crippen LogP contribution in [0.15, 0.2) is 30.5 Å². The highest BCUT2D eigenvalue weighted by atomic mass is 16.2. The molecule has 6 heteroatoms. The maximum Gasteiger partial charge on any atom is 0.226 e. The van der Waals surface area contributed by atoms with Crippen LogP contribution in [-0.2, 0) is 29.0 Å². The lowest BCUT2D eigenvalue weighted by Crippen LogP contribution is -2.39. The quantitative estimate of drug-likeness (QED) is 0.805. The molecule has 1 aromatic carbocycles. The van der Waals surface area contributed by atoms with Crippen molar-refractivity contribution in [1.29, 1.82) is 0 Å². The zero-order chi connectivity index (χ0) is 20.4. The summed E-state index contributed by atoms with van der Waals surface area (Å²) < 4.78 is 0. The van der Waals surface area contributed by atoms with Gasteiger partial charge in [0, 0.05) is 57.2 Å². The Morgan fingerprint density at radius 1 is 1.07 bits per heavy atom. The second kappa shape index (κ2) is 8.31. The van der Waals surface area contributed by atoms with Gasteiger partial charge >= 0.3 is 0 Å². The number of aromatic nitrogens is 2. The Balaban J connectivity index is 1.34. The van der Waals surface area contributed by atoms with E-state index in [1.54, 1.807) is 6.92 Å². The van der Waals surface area contributed by atoms with Gasteiger partial charge in [0.25, 0.3) is 0 Å². The maximum atomic E-state index is 12.6. The zero-order valence-corrected chi connectivity index (χ0v) is 17.2. The Labute approximate surface area is 172 Å². The van der Waals surface area contributed by atoms with Gasteiger partial charge in [-0.05, 0) is 25.3 Å². The van der Waals surface area contributed by atoms with Gasteiger partial charge in [-0.15, -0.1) is 0 Å². The van der Waals surface area contributed by atoms with Gasteiger partial charge in [0.1, 0.15) is 5.82 Å². The fourth-order valence-electron chi connectivity index (χ4n) is 4.18. The van der Waals surface area contributed by atoms with E-state index in [9.17, 15) is 9.59 Å². The lowest BCUT2D eigenvalue weighted by Gasteiger charge is -2.32. The van der Waals surface area contributed by atoms with Gasteiger partial charge in [0.05, 0.1) is 12.1 Å². The molecule has 6 nitrogen and oxygen atoms in total. The summed E-state index contributed by atoms with van der Waals surface area (Å²) in [6.07, 6.45) is 4.95. The molecule has 0 bridgehead atoms. The zero-order valence-electron chi connectivity index (χ0n) is 17.2. The smallest absolute Gasteiger partial charge is 0.226 e. The summed E-state index contributed by atoms with van der Waals surface area (Å²) in [5, 5.41) is 0. The SMILES string of the molecule is CC(=O)N1CCc2nc(C3CCN(C(=O)Cc4ccc(C)cc4)CC3)ncc2C1. The molecule has 0 spiro atoms. The van der Waals surface area contributed by atoms with Crippen LogP contribution >= 0.6 is 0 Å². The molecule has 2 aliphatic heterocycles. The van der Waals surface area contributed by atoms with Crippen molar-refractivity contribution in [3.8, 4) is 0 Å². The molecule has 0 aliphatic carbocycles. The van der Waals surface area contributed by atoms with Crippen molar-refractivity contribution in [3.05, 3.63) is 58.7 Å². The molecule has 0 saturated carbocycles. The molecule has 0 unspecified atom stereocenters. The number of amides is 2. The number of likely N-dealkylation sites (tertiary alicyclic amines) is 1. The lowest BCUT2D eigenvalue weighted by molar-refractivity contribution is -0.131. The molecule has 0 atom stereocenters. The normalized spacial score (nSPS) is 17.2. The van der Waals surface area contributed by atoms with Gasteiger partial charge in [0.2, 0.25) is 11.8 Å². The largest absolute Gasteiger partial charge is 0.342 e. The number of carbonyl (C=O) groups excluding carboxylic acids is 2. The summed E-state index contributed by atoms with van der Waals surface area (Å²) in [4.78, 5) is 37.5. The maximum absolute atomic E-state index is 12.6. The summed E-state index contributed by atoms with van der Waals surface area (Å²) in [6.45, 7) is 6.51. The molecular weight excluding hydrogens is 364 g/mol. The van der Waals surface area contributed by atoms with E-state index >= 15 is 0 Å². The van der Waals surface area contributed by atoms with Crippen LogP contribution in [0.25, 0.3) is 0 Å². The van der Waals surface area contributed by atoms with Crippen LogP contribution in [0.3, 0.4) is 0 Å². The third-order valence-corrected chi connectivity index (χ3v) is 6.09. The molecule has 0 radical (unpaired) electrons. The molecule has 29 heavy (non-hydrogen) atoms. The van der Waals surface area contributed by atoms with Gasteiger partial charge in [-0.3, -0.25) is 9.59 Å². The molecule has 1 aromatic heterocycles. The summed E-state index contributed by atoms with van der Waals surface area (Å²) >= 11 is 0. The predicted octanol–water partition coefficient (Wildman–Crippen LogP) is 2.64. The Morgan fingerprint density at radius 2 is 1.79 bits per heavy atom. The van der Waals surface area contributed by atoms with Gasteiger partial charge in [-0.25, -0.2) is 9.97 Å². The van der Waals surface area contributed by atoms with Crippen LogP contribution in [0.5, 0.6) is 0 Å². The fraction of sp³-hybridized carbons (Fsp3) is 0.478. The van der Waals surface area contributed by atoms with Crippen molar-refractivity contribution < 1.29 is 9.59 Å². The van der Waals surface area contributed by atoms with Crippen LogP contribution in [0.2, 0.25) is 0 Å². The second-order valence-electron chi connectivity index (χ2n) is 8.21. The van der Waals surface area contributed by atoms with E-state index in [1.165, 1.54) is 5.56 Å². The second-order valence-corrected chi connectivity index (χ2v) is 8.21. The molecular formula is C23H28N4O2. The standard InChI is InChI=1S/C23H28N4O2/c1-16-3-5-18(6-4-16)13-22(29)26-10-7-19(8-11-26)23-24-14-20-15-27(17(2)28)12-9-21(20)25-23/h3-6,14,19H,7-13,15H2,1-2H3. The first-order chi connectivity index (χ1) is 14.0.